The largest absolute Gasteiger partial charge is 0.354 e. The van der Waals surface area contributed by atoms with Crippen molar-refractivity contribution in [1.82, 2.24) is 15.3 Å². The van der Waals surface area contributed by atoms with Gasteiger partial charge in [-0.3, -0.25) is 0 Å². The van der Waals surface area contributed by atoms with E-state index < -0.39 is 0 Å². The first-order valence-corrected chi connectivity index (χ1v) is 7.76. The molecule has 98 valence electrons. The minimum atomic E-state index is 0.693. The van der Waals surface area contributed by atoms with Crippen molar-refractivity contribution in [2.45, 2.75) is 37.6 Å². The van der Waals surface area contributed by atoms with Gasteiger partial charge in [-0.05, 0) is 12.8 Å². The van der Waals surface area contributed by atoms with E-state index in [9.17, 15) is 0 Å². The van der Waals surface area contributed by atoms with E-state index in [2.05, 4.69) is 27.1 Å². The lowest BCUT2D eigenvalue weighted by Gasteiger charge is -2.32. The Morgan fingerprint density at radius 1 is 1.50 bits per heavy atom. The molecule has 1 atom stereocenters. The Morgan fingerprint density at radius 3 is 3.17 bits per heavy atom. The predicted molar refractivity (Wildman–Crippen MR) is 76.0 cm³/mol. The van der Waals surface area contributed by atoms with Crippen LogP contribution in [0.4, 0.5) is 5.82 Å². The summed E-state index contributed by atoms with van der Waals surface area (Å²) >= 11 is 2.05. The van der Waals surface area contributed by atoms with Crippen LogP contribution in [0.2, 0.25) is 0 Å². The van der Waals surface area contributed by atoms with Crippen molar-refractivity contribution in [1.29, 1.82) is 0 Å². The number of rotatable bonds is 4. The zero-order chi connectivity index (χ0) is 12.4. The number of thioether (sulfide) groups is 1. The third-order valence-corrected chi connectivity index (χ3v) is 4.60. The van der Waals surface area contributed by atoms with Crippen molar-refractivity contribution < 1.29 is 0 Å². The molecule has 4 nitrogen and oxygen atoms in total. The summed E-state index contributed by atoms with van der Waals surface area (Å²) in [6.07, 6.45) is 6.27. The summed E-state index contributed by atoms with van der Waals surface area (Å²) < 4.78 is 0. The van der Waals surface area contributed by atoms with Gasteiger partial charge in [0.2, 0.25) is 0 Å². The second-order valence-electron chi connectivity index (χ2n) is 5.15. The van der Waals surface area contributed by atoms with E-state index in [1.165, 1.54) is 24.2 Å². The highest BCUT2D eigenvalue weighted by molar-refractivity contribution is 8.00. The summed E-state index contributed by atoms with van der Waals surface area (Å²) in [7, 11) is 0. The zero-order valence-corrected chi connectivity index (χ0v) is 11.6. The SMILES string of the molecule is CC1CN(c2ncncc2CNC2CC2)CCS1. The van der Waals surface area contributed by atoms with Gasteiger partial charge in [0.25, 0.3) is 0 Å². The van der Waals surface area contributed by atoms with E-state index in [4.69, 9.17) is 0 Å². The smallest absolute Gasteiger partial charge is 0.136 e. The number of hydrogen-bond donors (Lipinski definition) is 1. The molecule has 0 radical (unpaired) electrons. The Hall–Kier alpha value is -0.810. The molecular weight excluding hydrogens is 244 g/mol. The maximum absolute atomic E-state index is 4.50. The fourth-order valence-electron chi connectivity index (χ4n) is 2.31. The first-order valence-electron chi connectivity index (χ1n) is 6.72. The molecule has 1 aliphatic carbocycles. The highest BCUT2D eigenvalue weighted by Gasteiger charge is 2.23. The Morgan fingerprint density at radius 2 is 2.39 bits per heavy atom. The fraction of sp³-hybridized carbons (Fsp3) is 0.692. The molecule has 2 heterocycles. The van der Waals surface area contributed by atoms with Crippen LogP contribution in [0.25, 0.3) is 0 Å². The maximum Gasteiger partial charge on any atom is 0.136 e. The molecule has 1 unspecified atom stereocenters. The van der Waals surface area contributed by atoms with Gasteiger partial charge in [-0.1, -0.05) is 6.92 Å². The highest BCUT2D eigenvalue weighted by atomic mass is 32.2. The Balaban J connectivity index is 1.72. The number of aromatic nitrogens is 2. The van der Waals surface area contributed by atoms with Gasteiger partial charge in [0, 0.05) is 48.4 Å². The van der Waals surface area contributed by atoms with Crippen LogP contribution in [0.5, 0.6) is 0 Å². The van der Waals surface area contributed by atoms with E-state index in [0.717, 1.165) is 31.5 Å². The average molecular weight is 264 g/mol. The standard InChI is InChI=1S/C13H20N4S/c1-10-8-17(4-5-18-10)13-11(6-14-9-16-13)7-15-12-2-3-12/h6,9-10,12,15H,2-5,7-8H2,1H3. The highest BCUT2D eigenvalue weighted by Crippen LogP contribution is 2.25. The van der Waals surface area contributed by atoms with Crippen LogP contribution in [-0.2, 0) is 6.54 Å². The summed E-state index contributed by atoms with van der Waals surface area (Å²) in [6.45, 7) is 5.39. The lowest BCUT2D eigenvalue weighted by Crippen LogP contribution is -2.38. The quantitative estimate of drug-likeness (QED) is 0.896. The molecule has 5 heteroatoms. The average Bonchev–Trinajstić information content (AvgIpc) is 3.21. The minimum Gasteiger partial charge on any atom is -0.354 e. The molecule has 1 saturated carbocycles. The van der Waals surface area contributed by atoms with E-state index >= 15 is 0 Å². The normalized spacial score (nSPS) is 24.3. The van der Waals surface area contributed by atoms with Crippen LogP contribution in [0.15, 0.2) is 12.5 Å². The lowest BCUT2D eigenvalue weighted by molar-refractivity contribution is 0.674. The summed E-state index contributed by atoms with van der Waals surface area (Å²) in [5.41, 5.74) is 1.24. The monoisotopic (exact) mass is 264 g/mol. The molecule has 0 bridgehead atoms. The van der Waals surface area contributed by atoms with Gasteiger partial charge in [0.15, 0.2) is 0 Å². The Bertz CT molecular complexity index is 408. The van der Waals surface area contributed by atoms with Crippen molar-refractivity contribution in [3.05, 3.63) is 18.1 Å². The number of nitrogens with zero attached hydrogens (tertiary/aromatic N) is 3. The van der Waals surface area contributed by atoms with Crippen LogP contribution in [0, 0.1) is 0 Å². The van der Waals surface area contributed by atoms with Crippen LogP contribution in [0.1, 0.15) is 25.3 Å². The predicted octanol–water partition coefficient (Wildman–Crippen LogP) is 1.67. The maximum atomic E-state index is 4.50. The van der Waals surface area contributed by atoms with Crippen LogP contribution in [0.3, 0.4) is 0 Å². The molecule has 1 N–H and O–H groups in total. The Labute approximate surface area is 113 Å². The van der Waals surface area contributed by atoms with Gasteiger partial charge < -0.3 is 10.2 Å². The molecule has 0 aromatic carbocycles. The molecule has 18 heavy (non-hydrogen) atoms. The first-order chi connectivity index (χ1) is 8.83. The van der Waals surface area contributed by atoms with Crippen LogP contribution < -0.4 is 10.2 Å². The molecule has 1 aromatic heterocycles. The van der Waals surface area contributed by atoms with Crippen molar-refractivity contribution >= 4 is 17.6 Å². The van der Waals surface area contributed by atoms with Gasteiger partial charge >= 0.3 is 0 Å². The summed E-state index contributed by atoms with van der Waals surface area (Å²) in [6, 6.07) is 0.730. The molecule has 2 aliphatic rings. The molecular formula is C13H20N4S. The molecule has 1 aromatic rings. The number of hydrogen-bond acceptors (Lipinski definition) is 5. The second kappa shape index (κ2) is 5.45. The van der Waals surface area contributed by atoms with Crippen molar-refractivity contribution in [2.75, 3.05) is 23.7 Å². The van der Waals surface area contributed by atoms with E-state index in [1.807, 2.05) is 18.0 Å². The summed E-state index contributed by atoms with van der Waals surface area (Å²) in [5, 5.41) is 4.24. The van der Waals surface area contributed by atoms with Gasteiger partial charge in [0.1, 0.15) is 12.1 Å². The minimum absolute atomic E-state index is 0.693. The van der Waals surface area contributed by atoms with E-state index in [0.29, 0.717) is 5.25 Å². The fourth-order valence-corrected chi connectivity index (χ4v) is 3.33. The Kier molecular flexibility index (Phi) is 3.70. The topological polar surface area (TPSA) is 41.1 Å². The molecule has 0 spiro atoms. The first kappa shape index (κ1) is 12.2. The number of anilines is 1. The molecule has 1 saturated heterocycles. The molecule has 1 aliphatic heterocycles. The van der Waals surface area contributed by atoms with Crippen molar-refractivity contribution in [3.63, 3.8) is 0 Å². The van der Waals surface area contributed by atoms with Gasteiger partial charge in [-0.15, -0.1) is 0 Å². The zero-order valence-electron chi connectivity index (χ0n) is 10.8. The second-order valence-corrected chi connectivity index (χ2v) is 6.70. The third kappa shape index (κ3) is 2.95. The molecule has 3 rings (SSSR count). The van der Waals surface area contributed by atoms with Crippen LogP contribution >= 0.6 is 11.8 Å². The van der Waals surface area contributed by atoms with E-state index in [-0.39, 0.29) is 0 Å². The van der Waals surface area contributed by atoms with Crippen LogP contribution in [-0.4, -0.2) is 40.1 Å². The molecule has 2 fully saturated rings. The summed E-state index contributed by atoms with van der Waals surface area (Å²) in [4.78, 5) is 11.1. The van der Waals surface area contributed by atoms with Gasteiger partial charge in [-0.2, -0.15) is 11.8 Å². The van der Waals surface area contributed by atoms with E-state index in [1.54, 1.807) is 6.33 Å². The van der Waals surface area contributed by atoms with Crippen molar-refractivity contribution in [2.24, 2.45) is 0 Å². The third-order valence-electron chi connectivity index (χ3n) is 3.46. The molecule has 0 amide bonds. The summed E-state index contributed by atoms with van der Waals surface area (Å²) in [5.74, 6) is 2.33. The lowest BCUT2D eigenvalue weighted by atomic mass is 10.2. The van der Waals surface area contributed by atoms with Gasteiger partial charge in [0.05, 0.1) is 0 Å². The van der Waals surface area contributed by atoms with Gasteiger partial charge in [-0.25, -0.2) is 9.97 Å². The number of nitrogens with one attached hydrogen (secondary N) is 1. The van der Waals surface area contributed by atoms with Crippen molar-refractivity contribution in [3.8, 4) is 0 Å².